The predicted octanol–water partition coefficient (Wildman–Crippen LogP) is 0.990. The van der Waals surface area contributed by atoms with Gasteiger partial charge in [-0.15, -0.1) is 5.10 Å². The summed E-state index contributed by atoms with van der Waals surface area (Å²) >= 11 is 1.15. The summed E-state index contributed by atoms with van der Waals surface area (Å²) in [5, 5.41) is 11.2. The summed E-state index contributed by atoms with van der Waals surface area (Å²) in [6, 6.07) is 1.93. The fourth-order valence-electron chi connectivity index (χ4n) is 1.37. The Kier molecular flexibility index (Phi) is 2.95. The van der Waals surface area contributed by atoms with Gasteiger partial charge < -0.3 is 5.32 Å². The van der Waals surface area contributed by atoms with Crippen LogP contribution in [0.2, 0.25) is 0 Å². The second kappa shape index (κ2) is 4.40. The number of aromatic nitrogens is 4. The third kappa shape index (κ3) is 2.43. The maximum absolute atomic E-state index is 11.6. The van der Waals surface area contributed by atoms with Gasteiger partial charge >= 0.3 is 0 Å². The van der Waals surface area contributed by atoms with Gasteiger partial charge in [-0.05, 0) is 19.9 Å². The lowest BCUT2D eigenvalue weighted by molar-refractivity contribution is -0.116. The van der Waals surface area contributed by atoms with E-state index in [-0.39, 0.29) is 12.5 Å². The molecule has 0 aliphatic carbocycles. The van der Waals surface area contributed by atoms with Gasteiger partial charge in [0.1, 0.15) is 11.5 Å². The van der Waals surface area contributed by atoms with E-state index < -0.39 is 0 Å². The molecule has 0 saturated carbocycles. The molecular weight excluding hydrogens is 226 g/mol. The van der Waals surface area contributed by atoms with Crippen LogP contribution in [0.15, 0.2) is 12.3 Å². The van der Waals surface area contributed by atoms with Crippen LogP contribution in [0.3, 0.4) is 0 Å². The number of nitrogens with zero attached hydrogens (tertiary/aromatic N) is 4. The van der Waals surface area contributed by atoms with Gasteiger partial charge in [0.2, 0.25) is 5.91 Å². The standard InChI is InChI=1S/C9H11N5OS/c1-6-3-7(2)14(12-6)5-8(15)11-9-4-10-13-16-9/h3-4H,5H2,1-2H3,(H,11,15). The van der Waals surface area contributed by atoms with Crippen LogP contribution in [0.25, 0.3) is 0 Å². The van der Waals surface area contributed by atoms with E-state index in [1.807, 2.05) is 19.9 Å². The van der Waals surface area contributed by atoms with Gasteiger partial charge in [0.05, 0.1) is 11.9 Å². The zero-order valence-electron chi connectivity index (χ0n) is 8.97. The number of anilines is 1. The Bertz CT molecular complexity index is 490. The van der Waals surface area contributed by atoms with Crippen molar-refractivity contribution in [1.82, 2.24) is 19.4 Å². The van der Waals surface area contributed by atoms with E-state index in [2.05, 4.69) is 20.0 Å². The van der Waals surface area contributed by atoms with E-state index in [1.165, 1.54) is 6.20 Å². The smallest absolute Gasteiger partial charge is 0.246 e. The molecule has 1 N–H and O–H groups in total. The predicted molar refractivity (Wildman–Crippen MR) is 60.2 cm³/mol. The van der Waals surface area contributed by atoms with Crippen molar-refractivity contribution < 1.29 is 4.79 Å². The molecule has 2 rings (SSSR count). The molecule has 6 nitrogen and oxygen atoms in total. The van der Waals surface area contributed by atoms with Crippen LogP contribution in [-0.2, 0) is 11.3 Å². The van der Waals surface area contributed by atoms with Crippen LogP contribution in [0.4, 0.5) is 5.00 Å². The first-order valence-corrected chi connectivity index (χ1v) is 5.51. The van der Waals surface area contributed by atoms with E-state index in [4.69, 9.17) is 0 Å². The Morgan fingerprint density at radius 3 is 2.94 bits per heavy atom. The Balaban J connectivity index is 2.00. The lowest BCUT2D eigenvalue weighted by Crippen LogP contribution is -2.19. The molecule has 7 heteroatoms. The SMILES string of the molecule is Cc1cc(C)n(CC(=O)Nc2cnns2)n1. The summed E-state index contributed by atoms with van der Waals surface area (Å²) in [6.07, 6.45) is 1.52. The molecule has 0 radical (unpaired) electrons. The molecule has 0 saturated heterocycles. The molecule has 0 aliphatic heterocycles. The average Bonchev–Trinajstić information content (AvgIpc) is 2.78. The molecule has 0 bridgehead atoms. The number of carbonyl (C=O) groups is 1. The van der Waals surface area contributed by atoms with E-state index in [1.54, 1.807) is 4.68 Å². The fraction of sp³-hybridized carbons (Fsp3) is 0.333. The van der Waals surface area contributed by atoms with Gasteiger partial charge in [0, 0.05) is 17.2 Å². The van der Waals surface area contributed by atoms with E-state index >= 15 is 0 Å². The number of amides is 1. The molecule has 0 atom stereocenters. The second-order valence-electron chi connectivity index (χ2n) is 3.41. The second-order valence-corrected chi connectivity index (χ2v) is 4.20. The normalized spacial score (nSPS) is 10.4. The summed E-state index contributed by atoms with van der Waals surface area (Å²) in [7, 11) is 0. The van der Waals surface area contributed by atoms with Crippen molar-refractivity contribution in [3.63, 3.8) is 0 Å². The minimum Gasteiger partial charge on any atom is -0.313 e. The lowest BCUT2D eigenvalue weighted by atomic mass is 10.4. The molecule has 0 spiro atoms. The fourth-order valence-corrected chi connectivity index (χ4v) is 1.81. The average molecular weight is 237 g/mol. The molecule has 2 aromatic rings. The minimum absolute atomic E-state index is 0.128. The summed E-state index contributed by atoms with van der Waals surface area (Å²) < 4.78 is 5.32. The number of rotatable bonds is 3. The van der Waals surface area contributed by atoms with Crippen molar-refractivity contribution in [2.45, 2.75) is 20.4 Å². The first-order valence-electron chi connectivity index (χ1n) is 4.73. The van der Waals surface area contributed by atoms with Crippen molar-refractivity contribution in [3.05, 3.63) is 23.7 Å². The molecule has 84 valence electrons. The summed E-state index contributed by atoms with van der Waals surface area (Å²) in [5.41, 5.74) is 1.87. The van der Waals surface area contributed by atoms with E-state index in [9.17, 15) is 4.79 Å². The number of hydrogen-bond acceptors (Lipinski definition) is 5. The topological polar surface area (TPSA) is 72.7 Å². The first kappa shape index (κ1) is 10.7. The highest BCUT2D eigenvalue weighted by Crippen LogP contribution is 2.09. The molecular formula is C9H11N5OS. The number of hydrogen-bond donors (Lipinski definition) is 1. The number of nitrogens with one attached hydrogen (secondary N) is 1. The number of aryl methyl sites for hydroxylation is 2. The highest BCUT2D eigenvalue weighted by Gasteiger charge is 2.08. The van der Waals surface area contributed by atoms with E-state index in [0.29, 0.717) is 5.00 Å². The minimum atomic E-state index is -0.128. The Hall–Kier alpha value is -1.76. The van der Waals surface area contributed by atoms with Crippen LogP contribution >= 0.6 is 11.5 Å². The Morgan fingerprint density at radius 2 is 2.38 bits per heavy atom. The number of carbonyl (C=O) groups excluding carboxylic acids is 1. The van der Waals surface area contributed by atoms with E-state index in [0.717, 1.165) is 22.9 Å². The van der Waals surface area contributed by atoms with Gasteiger partial charge in [-0.2, -0.15) is 5.10 Å². The monoisotopic (exact) mass is 237 g/mol. The van der Waals surface area contributed by atoms with Crippen molar-refractivity contribution >= 4 is 22.4 Å². The van der Waals surface area contributed by atoms with Crippen molar-refractivity contribution in [2.75, 3.05) is 5.32 Å². The van der Waals surface area contributed by atoms with Gasteiger partial charge in [0.15, 0.2) is 0 Å². The largest absolute Gasteiger partial charge is 0.313 e. The van der Waals surface area contributed by atoms with Gasteiger partial charge in [0.25, 0.3) is 0 Å². The van der Waals surface area contributed by atoms with Crippen molar-refractivity contribution in [1.29, 1.82) is 0 Å². The van der Waals surface area contributed by atoms with Gasteiger partial charge in [-0.1, -0.05) is 4.49 Å². The molecule has 0 unspecified atom stereocenters. The van der Waals surface area contributed by atoms with Crippen LogP contribution in [0.1, 0.15) is 11.4 Å². The molecule has 0 aromatic carbocycles. The molecule has 0 fully saturated rings. The Labute approximate surface area is 96.5 Å². The Morgan fingerprint density at radius 1 is 1.56 bits per heavy atom. The molecule has 1 amide bonds. The van der Waals surface area contributed by atoms with Crippen LogP contribution < -0.4 is 5.32 Å². The van der Waals surface area contributed by atoms with Gasteiger partial charge in [-0.3, -0.25) is 9.48 Å². The summed E-state index contributed by atoms with van der Waals surface area (Å²) in [4.78, 5) is 11.6. The third-order valence-corrected chi connectivity index (χ3v) is 2.60. The molecule has 0 aliphatic rings. The third-order valence-electron chi connectivity index (χ3n) is 2.02. The lowest BCUT2D eigenvalue weighted by Gasteiger charge is -2.03. The molecule has 2 aromatic heterocycles. The van der Waals surface area contributed by atoms with Crippen molar-refractivity contribution in [2.24, 2.45) is 0 Å². The maximum atomic E-state index is 11.6. The highest BCUT2D eigenvalue weighted by atomic mass is 32.1. The maximum Gasteiger partial charge on any atom is 0.246 e. The summed E-state index contributed by atoms with van der Waals surface area (Å²) in [5.74, 6) is -0.128. The first-order chi connectivity index (χ1) is 7.65. The zero-order valence-corrected chi connectivity index (χ0v) is 9.78. The van der Waals surface area contributed by atoms with Crippen LogP contribution in [0.5, 0.6) is 0 Å². The zero-order chi connectivity index (χ0) is 11.5. The van der Waals surface area contributed by atoms with Crippen LogP contribution in [0, 0.1) is 13.8 Å². The van der Waals surface area contributed by atoms with Crippen molar-refractivity contribution in [3.8, 4) is 0 Å². The summed E-state index contributed by atoms with van der Waals surface area (Å²) in [6.45, 7) is 4.02. The molecule has 16 heavy (non-hydrogen) atoms. The molecule has 2 heterocycles. The van der Waals surface area contributed by atoms with Crippen LogP contribution in [-0.4, -0.2) is 25.3 Å². The quantitative estimate of drug-likeness (QED) is 0.864. The van der Waals surface area contributed by atoms with Gasteiger partial charge in [-0.25, -0.2) is 0 Å². The highest BCUT2D eigenvalue weighted by molar-refractivity contribution is 7.10.